The second-order valence-corrected chi connectivity index (χ2v) is 4.66. The van der Waals surface area contributed by atoms with Crippen molar-refractivity contribution in [2.24, 2.45) is 4.99 Å². The van der Waals surface area contributed by atoms with Crippen molar-refractivity contribution in [3.8, 4) is 17.2 Å². The Bertz CT molecular complexity index is 585. The van der Waals surface area contributed by atoms with Gasteiger partial charge in [0.2, 0.25) is 6.79 Å². The zero-order chi connectivity index (χ0) is 17.5. The molecule has 0 saturated heterocycles. The molecule has 2 rings (SSSR count). The lowest BCUT2D eigenvalue weighted by Crippen LogP contribution is -2.39. The first-order valence-corrected chi connectivity index (χ1v) is 7.17. The molecule has 1 heterocycles. The lowest BCUT2D eigenvalue weighted by molar-refractivity contribution is -0.0505. The fourth-order valence-electron chi connectivity index (χ4n) is 1.97. The summed E-state index contributed by atoms with van der Waals surface area (Å²) in [4.78, 5) is 4.09. The minimum Gasteiger partial charge on any atom is -0.454 e. The molecule has 0 saturated carbocycles. The van der Waals surface area contributed by atoms with E-state index in [9.17, 15) is 17.6 Å². The van der Waals surface area contributed by atoms with Gasteiger partial charge in [-0.1, -0.05) is 0 Å². The first-order valence-electron chi connectivity index (χ1n) is 7.17. The van der Waals surface area contributed by atoms with Crippen molar-refractivity contribution in [2.75, 3.05) is 19.9 Å². The Morgan fingerprint density at radius 2 is 1.92 bits per heavy atom. The van der Waals surface area contributed by atoms with Gasteiger partial charge in [-0.2, -0.15) is 8.78 Å². The quantitative estimate of drug-likeness (QED) is 0.449. The number of hydrogen-bond donors (Lipinski definition) is 2. The smallest absolute Gasteiger partial charge is 0.387 e. The molecule has 6 nitrogen and oxygen atoms in total. The van der Waals surface area contributed by atoms with Crippen molar-refractivity contribution in [1.82, 2.24) is 10.6 Å². The van der Waals surface area contributed by atoms with Gasteiger partial charge in [-0.15, -0.1) is 0 Å². The summed E-state index contributed by atoms with van der Waals surface area (Å²) in [5.41, 5.74) is 0.314. The van der Waals surface area contributed by atoms with Gasteiger partial charge >= 0.3 is 6.61 Å². The number of alkyl halides is 4. The summed E-state index contributed by atoms with van der Waals surface area (Å²) >= 11 is 0. The summed E-state index contributed by atoms with van der Waals surface area (Å²) in [5.74, 6) is 0.703. The molecule has 1 aliphatic heterocycles. The number of nitrogens with one attached hydrogen (secondary N) is 2. The third-order valence-corrected chi connectivity index (χ3v) is 2.95. The third kappa shape index (κ3) is 5.07. The third-order valence-electron chi connectivity index (χ3n) is 2.95. The zero-order valence-corrected chi connectivity index (χ0v) is 12.8. The van der Waals surface area contributed by atoms with Gasteiger partial charge in [-0.25, -0.2) is 13.8 Å². The van der Waals surface area contributed by atoms with Crippen molar-refractivity contribution in [3.05, 3.63) is 17.7 Å². The van der Waals surface area contributed by atoms with E-state index in [1.807, 2.05) is 0 Å². The summed E-state index contributed by atoms with van der Waals surface area (Å²) in [5, 5.41) is 5.23. The van der Waals surface area contributed by atoms with Crippen LogP contribution in [0.1, 0.15) is 12.5 Å². The van der Waals surface area contributed by atoms with E-state index in [0.717, 1.165) is 0 Å². The lowest BCUT2D eigenvalue weighted by Gasteiger charge is -2.13. The topological polar surface area (TPSA) is 64.1 Å². The second-order valence-electron chi connectivity index (χ2n) is 4.66. The Hall–Kier alpha value is -2.39. The number of hydrogen-bond acceptors (Lipinski definition) is 4. The van der Waals surface area contributed by atoms with E-state index in [4.69, 9.17) is 9.47 Å². The number of rotatable bonds is 7. The number of aliphatic imine (C=N–C) groups is 1. The number of ether oxygens (including phenoxy) is 3. The molecule has 1 aromatic rings. The van der Waals surface area contributed by atoms with Crippen LogP contribution in [0, 0.1) is 0 Å². The predicted molar refractivity (Wildman–Crippen MR) is 78.0 cm³/mol. The molecule has 134 valence electrons. The fourth-order valence-corrected chi connectivity index (χ4v) is 1.97. The Morgan fingerprint density at radius 3 is 2.54 bits per heavy atom. The Kier molecular flexibility index (Phi) is 6.33. The largest absolute Gasteiger partial charge is 0.454 e. The minimum atomic E-state index is -3.02. The highest BCUT2D eigenvalue weighted by Gasteiger charge is 2.20. The highest BCUT2D eigenvalue weighted by molar-refractivity contribution is 5.79. The van der Waals surface area contributed by atoms with Crippen molar-refractivity contribution >= 4 is 5.96 Å². The summed E-state index contributed by atoms with van der Waals surface area (Å²) in [6.07, 6.45) is -2.54. The molecular weight excluding hydrogens is 334 g/mol. The van der Waals surface area contributed by atoms with Gasteiger partial charge in [0.25, 0.3) is 6.43 Å². The molecule has 0 aromatic heterocycles. The molecule has 0 spiro atoms. The highest BCUT2D eigenvalue weighted by atomic mass is 19.3. The van der Waals surface area contributed by atoms with Crippen LogP contribution in [0.5, 0.6) is 17.2 Å². The van der Waals surface area contributed by atoms with E-state index < -0.39 is 19.6 Å². The number of fused-ring (bicyclic) bond motifs is 1. The molecule has 2 N–H and O–H groups in total. The second kappa shape index (κ2) is 8.46. The van der Waals surface area contributed by atoms with Crippen molar-refractivity contribution < 1.29 is 31.8 Å². The van der Waals surface area contributed by atoms with Crippen LogP contribution in [0.4, 0.5) is 17.6 Å². The zero-order valence-electron chi connectivity index (χ0n) is 12.8. The Labute approximate surface area is 135 Å². The summed E-state index contributed by atoms with van der Waals surface area (Å²) in [6, 6.07) is 2.76. The number of benzene rings is 1. The number of nitrogens with zero attached hydrogens (tertiary/aromatic N) is 1. The Morgan fingerprint density at radius 1 is 1.21 bits per heavy atom. The van der Waals surface area contributed by atoms with Crippen LogP contribution in [-0.4, -0.2) is 38.9 Å². The molecule has 1 aliphatic rings. The van der Waals surface area contributed by atoms with E-state index >= 15 is 0 Å². The predicted octanol–water partition coefficient (Wildman–Crippen LogP) is 2.34. The maximum absolute atomic E-state index is 12.5. The maximum atomic E-state index is 12.5. The van der Waals surface area contributed by atoms with Crippen LogP contribution < -0.4 is 24.8 Å². The first kappa shape index (κ1) is 18.0. The molecule has 0 bridgehead atoms. The summed E-state index contributed by atoms with van der Waals surface area (Å²) in [6.45, 7) is -1.46. The first-order chi connectivity index (χ1) is 11.5. The molecule has 10 heteroatoms. The van der Waals surface area contributed by atoms with Gasteiger partial charge in [-0.3, -0.25) is 0 Å². The van der Waals surface area contributed by atoms with E-state index in [1.54, 1.807) is 6.92 Å². The van der Waals surface area contributed by atoms with Gasteiger partial charge in [0.15, 0.2) is 17.5 Å². The molecular formula is C14H17F4N3O3. The van der Waals surface area contributed by atoms with Crippen LogP contribution in [-0.2, 0) is 6.54 Å². The molecule has 1 aromatic carbocycles. The number of guanidine groups is 1. The number of halogens is 4. The molecule has 0 amide bonds. The average molecular weight is 351 g/mol. The molecule has 0 radical (unpaired) electrons. The highest BCUT2D eigenvalue weighted by Crippen LogP contribution is 2.38. The van der Waals surface area contributed by atoms with Gasteiger partial charge in [0.1, 0.15) is 5.75 Å². The molecule has 24 heavy (non-hydrogen) atoms. The molecule has 0 fully saturated rings. The van der Waals surface area contributed by atoms with E-state index in [1.165, 1.54) is 12.1 Å². The molecule has 0 atom stereocenters. The van der Waals surface area contributed by atoms with Crippen LogP contribution >= 0.6 is 0 Å². The SMILES string of the molecule is CCNC(=NCc1cc2c(cc1OC(F)F)OCO2)NCC(F)F. The van der Waals surface area contributed by atoms with E-state index in [2.05, 4.69) is 20.4 Å². The van der Waals surface area contributed by atoms with Crippen LogP contribution in [0.15, 0.2) is 17.1 Å². The molecule has 0 aliphatic carbocycles. The maximum Gasteiger partial charge on any atom is 0.387 e. The van der Waals surface area contributed by atoms with Crippen molar-refractivity contribution in [2.45, 2.75) is 26.5 Å². The lowest BCUT2D eigenvalue weighted by atomic mass is 10.1. The van der Waals surface area contributed by atoms with Crippen molar-refractivity contribution in [1.29, 1.82) is 0 Å². The van der Waals surface area contributed by atoms with Gasteiger partial charge < -0.3 is 24.8 Å². The van der Waals surface area contributed by atoms with Crippen molar-refractivity contribution in [3.63, 3.8) is 0 Å². The molecule has 0 unspecified atom stereocenters. The normalized spacial score (nSPS) is 13.5. The van der Waals surface area contributed by atoms with Gasteiger partial charge in [0, 0.05) is 18.2 Å². The summed E-state index contributed by atoms with van der Waals surface area (Å²) in [7, 11) is 0. The average Bonchev–Trinajstić information content (AvgIpc) is 2.96. The van der Waals surface area contributed by atoms with E-state index in [0.29, 0.717) is 23.6 Å². The summed E-state index contributed by atoms with van der Waals surface area (Å²) < 4.78 is 64.4. The van der Waals surface area contributed by atoms with E-state index in [-0.39, 0.29) is 25.0 Å². The fraction of sp³-hybridized carbons (Fsp3) is 0.500. The van der Waals surface area contributed by atoms with Crippen LogP contribution in [0.25, 0.3) is 0 Å². The standard InChI is InChI=1S/C14H17F4N3O3/c1-2-19-14(21-6-12(15)16)20-5-8-3-10-11(23-7-22-10)4-9(8)24-13(17)18/h3-4,12-13H,2,5-7H2,1H3,(H2,19,20,21). The minimum absolute atomic E-state index is 0.0191. The van der Waals surface area contributed by atoms with Crippen LogP contribution in [0.3, 0.4) is 0 Å². The van der Waals surface area contributed by atoms with Gasteiger partial charge in [-0.05, 0) is 13.0 Å². The van der Waals surface area contributed by atoms with Crippen LogP contribution in [0.2, 0.25) is 0 Å². The van der Waals surface area contributed by atoms with Gasteiger partial charge in [0.05, 0.1) is 13.1 Å². The monoisotopic (exact) mass is 351 g/mol. The Balaban J connectivity index is 2.17.